The maximum atomic E-state index is 12.9. The van der Waals surface area contributed by atoms with E-state index in [9.17, 15) is 18.5 Å². The number of benzene rings is 1. The SMILES string of the molecule is CN1CCN(S(=O)(=O)c2cccc(C(=O)N(C)C3(C#N)CCC3)c2)CC1. The molecule has 0 unspecified atom stereocenters. The molecule has 1 saturated carbocycles. The van der Waals surface area contributed by atoms with E-state index in [-0.39, 0.29) is 10.8 Å². The van der Waals surface area contributed by atoms with E-state index >= 15 is 0 Å². The van der Waals surface area contributed by atoms with Crippen molar-refractivity contribution in [3.05, 3.63) is 29.8 Å². The molecule has 0 bridgehead atoms. The van der Waals surface area contributed by atoms with Gasteiger partial charge in [-0.15, -0.1) is 0 Å². The zero-order valence-electron chi connectivity index (χ0n) is 15.2. The molecule has 2 aliphatic rings. The zero-order chi connectivity index (χ0) is 18.9. The predicted molar refractivity (Wildman–Crippen MR) is 97.0 cm³/mol. The van der Waals surface area contributed by atoms with Gasteiger partial charge in [0.25, 0.3) is 5.91 Å². The standard InChI is InChI=1S/C18H24N4O3S/c1-20-9-11-22(12-10-20)26(24,25)16-6-3-5-15(13-16)17(23)21(2)18(14-19)7-4-8-18/h3,5-6,13H,4,7-12H2,1-2H3. The van der Waals surface area contributed by atoms with Crippen molar-refractivity contribution in [3.63, 3.8) is 0 Å². The molecule has 3 rings (SSSR count). The Labute approximate surface area is 154 Å². The number of sulfonamides is 1. The fourth-order valence-corrected chi connectivity index (χ4v) is 4.86. The Hall–Kier alpha value is -1.95. The first-order valence-corrected chi connectivity index (χ1v) is 10.2. The van der Waals surface area contributed by atoms with Gasteiger partial charge in [-0.2, -0.15) is 9.57 Å². The monoisotopic (exact) mass is 376 g/mol. The zero-order valence-corrected chi connectivity index (χ0v) is 16.0. The van der Waals surface area contributed by atoms with Gasteiger partial charge >= 0.3 is 0 Å². The molecule has 1 aromatic rings. The number of nitrogens with zero attached hydrogens (tertiary/aromatic N) is 4. The number of amides is 1. The van der Waals surface area contributed by atoms with E-state index in [4.69, 9.17) is 0 Å². The normalized spacial score (nSPS) is 20.8. The summed E-state index contributed by atoms with van der Waals surface area (Å²) in [5, 5.41) is 9.43. The van der Waals surface area contributed by atoms with Crippen LogP contribution in [0.25, 0.3) is 0 Å². The molecule has 8 heteroatoms. The van der Waals surface area contributed by atoms with E-state index in [1.807, 2.05) is 7.05 Å². The molecule has 7 nitrogen and oxygen atoms in total. The number of piperazine rings is 1. The minimum Gasteiger partial charge on any atom is -0.323 e. The quantitative estimate of drug-likeness (QED) is 0.787. The second-order valence-corrected chi connectivity index (χ2v) is 9.03. The minimum absolute atomic E-state index is 0.126. The number of likely N-dealkylation sites (N-methyl/N-ethyl adjacent to an activating group) is 1. The van der Waals surface area contributed by atoms with Crippen LogP contribution in [-0.2, 0) is 10.0 Å². The molecule has 0 radical (unpaired) electrons. The molecule has 1 heterocycles. The Morgan fingerprint density at radius 2 is 1.88 bits per heavy atom. The molecule has 0 spiro atoms. The van der Waals surface area contributed by atoms with Crippen LogP contribution in [0.4, 0.5) is 0 Å². The Kier molecular flexibility index (Phi) is 5.06. The van der Waals surface area contributed by atoms with Crippen LogP contribution in [0.1, 0.15) is 29.6 Å². The van der Waals surface area contributed by atoms with Gasteiger partial charge in [-0.25, -0.2) is 8.42 Å². The van der Waals surface area contributed by atoms with Gasteiger partial charge in [-0.05, 0) is 44.5 Å². The number of nitriles is 1. The maximum absolute atomic E-state index is 12.9. The molecule has 0 atom stereocenters. The van der Waals surface area contributed by atoms with Gasteiger partial charge in [0.15, 0.2) is 0 Å². The summed E-state index contributed by atoms with van der Waals surface area (Å²) in [6.07, 6.45) is 2.24. The largest absolute Gasteiger partial charge is 0.323 e. The Bertz CT molecular complexity index is 834. The van der Waals surface area contributed by atoms with Crippen LogP contribution in [0, 0.1) is 11.3 Å². The number of rotatable bonds is 4. The molecule has 2 fully saturated rings. The molecule has 1 aromatic carbocycles. The minimum atomic E-state index is -3.63. The van der Waals surface area contributed by atoms with Crippen molar-refractivity contribution in [2.45, 2.75) is 29.7 Å². The van der Waals surface area contributed by atoms with Crippen molar-refractivity contribution in [3.8, 4) is 6.07 Å². The van der Waals surface area contributed by atoms with E-state index < -0.39 is 15.6 Å². The highest BCUT2D eigenvalue weighted by molar-refractivity contribution is 7.89. The van der Waals surface area contributed by atoms with Crippen molar-refractivity contribution in [2.24, 2.45) is 0 Å². The third-order valence-electron chi connectivity index (χ3n) is 5.52. The highest BCUT2D eigenvalue weighted by atomic mass is 32.2. The van der Waals surface area contributed by atoms with Gasteiger partial charge < -0.3 is 9.80 Å². The third-order valence-corrected chi connectivity index (χ3v) is 7.41. The van der Waals surface area contributed by atoms with Gasteiger partial charge in [-0.3, -0.25) is 4.79 Å². The Morgan fingerprint density at radius 1 is 1.23 bits per heavy atom. The lowest BCUT2D eigenvalue weighted by Crippen LogP contribution is -2.53. The summed E-state index contributed by atoms with van der Waals surface area (Å²) in [4.78, 5) is 16.5. The average Bonchev–Trinajstić information content (AvgIpc) is 2.61. The lowest BCUT2D eigenvalue weighted by Gasteiger charge is -2.43. The molecule has 0 aromatic heterocycles. The van der Waals surface area contributed by atoms with E-state index in [0.29, 0.717) is 44.6 Å². The number of hydrogen-bond donors (Lipinski definition) is 0. The van der Waals surface area contributed by atoms with Gasteiger partial charge in [0.2, 0.25) is 10.0 Å². The second-order valence-electron chi connectivity index (χ2n) is 7.10. The van der Waals surface area contributed by atoms with Crippen molar-refractivity contribution in [1.29, 1.82) is 5.26 Å². The highest BCUT2D eigenvalue weighted by Gasteiger charge is 2.43. The molecule has 0 N–H and O–H groups in total. The first-order valence-electron chi connectivity index (χ1n) is 8.78. The van der Waals surface area contributed by atoms with Crippen LogP contribution in [0.15, 0.2) is 29.2 Å². The van der Waals surface area contributed by atoms with E-state index in [1.54, 1.807) is 19.2 Å². The first-order chi connectivity index (χ1) is 12.3. The molecule has 1 saturated heterocycles. The smallest absolute Gasteiger partial charge is 0.254 e. The molecule has 26 heavy (non-hydrogen) atoms. The fourth-order valence-electron chi connectivity index (χ4n) is 3.39. The fraction of sp³-hybridized carbons (Fsp3) is 0.556. The summed E-state index contributed by atoms with van der Waals surface area (Å²) in [6, 6.07) is 8.38. The van der Waals surface area contributed by atoms with Crippen LogP contribution in [0.3, 0.4) is 0 Å². The van der Waals surface area contributed by atoms with Gasteiger partial charge in [0.05, 0.1) is 11.0 Å². The maximum Gasteiger partial charge on any atom is 0.254 e. The van der Waals surface area contributed by atoms with Gasteiger partial charge in [0, 0.05) is 38.8 Å². The van der Waals surface area contributed by atoms with Crippen LogP contribution >= 0.6 is 0 Å². The molecule has 140 valence electrons. The predicted octanol–water partition coefficient (Wildman–Crippen LogP) is 1.14. The highest BCUT2D eigenvalue weighted by Crippen LogP contribution is 2.37. The van der Waals surface area contributed by atoms with E-state index in [2.05, 4.69) is 11.0 Å². The summed E-state index contributed by atoms with van der Waals surface area (Å²) in [7, 11) is -0.0486. The van der Waals surface area contributed by atoms with Crippen molar-refractivity contribution >= 4 is 15.9 Å². The number of carbonyl (C=O) groups is 1. The first kappa shape index (κ1) is 18.8. The molecule has 1 aliphatic heterocycles. The average molecular weight is 376 g/mol. The van der Waals surface area contributed by atoms with Crippen LogP contribution in [0.5, 0.6) is 0 Å². The van der Waals surface area contributed by atoms with E-state index in [1.165, 1.54) is 21.3 Å². The van der Waals surface area contributed by atoms with Crippen LogP contribution < -0.4 is 0 Å². The molecule has 1 amide bonds. The number of hydrogen-bond acceptors (Lipinski definition) is 5. The van der Waals surface area contributed by atoms with Gasteiger partial charge in [0.1, 0.15) is 5.54 Å². The Morgan fingerprint density at radius 3 is 2.42 bits per heavy atom. The van der Waals surface area contributed by atoms with Crippen molar-refractivity contribution in [2.75, 3.05) is 40.3 Å². The summed E-state index contributed by atoms with van der Waals surface area (Å²) in [5.41, 5.74) is -0.465. The summed E-state index contributed by atoms with van der Waals surface area (Å²) >= 11 is 0. The third kappa shape index (κ3) is 3.22. The van der Waals surface area contributed by atoms with Crippen LogP contribution in [-0.4, -0.2) is 74.2 Å². The lowest BCUT2D eigenvalue weighted by atomic mass is 9.76. The lowest BCUT2D eigenvalue weighted by molar-refractivity contribution is 0.0497. The molecular formula is C18H24N4O3S. The Balaban J connectivity index is 1.84. The number of carbonyl (C=O) groups excluding carboxylic acids is 1. The molecular weight excluding hydrogens is 352 g/mol. The second kappa shape index (κ2) is 6.99. The molecule has 1 aliphatic carbocycles. The summed E-state index contributed by atoms with van der Waals surface area (Å²) < 4.78 is 27.2. The van der Waals surface area contributed by atoms with Crippen molar-refractivity contribution in [1.82, 2.24) is 14.1 Å². The summed E-state index contributed by atoms with van der Waals surface area (Å²) in [5.74, 6) is -0.318. The van der Waals surface area contributed by atoms with Crippen LogP contribution in [0.2, 0.25) is 0 Å². The topological polar surface area (TPSA) is 84.7 Å². The van der Waals surface area contributed by atoms with E-state index in [0.717, 1.165) is 6.42 Å². The summed E-state index contributed by atoms with van der Waals surface area (Å²) in [6.45, 7) is 2.25. The van der Waals surface area contributed by atoms with Crippen molar-refractivity contribution < 1.29 is 13.2 Å². The van der Waals surface area contributed by atoms with Gasteiger partial charge in [-0.1, -0.05) is 6.07 Å².